The van der Waals surface area contributed by atoms with Gasteiger partial charge in [0.1, 0.15) is 0 Å². The summed E-state index contributed by atoms with van der Waals surface area (Å²) in [5, 5.41) is 6.90. The fourth-order valence-electron chi connectivity index (χ4n) is 1.97. The monoisotopic (exact) mass is 376 g/mol. The Hall–Kier alpha value is -0.110. The van der Waals surface area contributed by atoms with Crippen LogP contribution in [0.2, 0.25) is 0 Å². The van der Waals surface area contributed by atoms with E-state index in [1.165, 1.54) is 11.3 Å². The highest BCUT2D eigenvalue weighted by molar-refractivity contribution is 7.15. The molecule has 1 aliphatic rings. The highest BCUT2D eigenvalue weighted by Gasteiger charge is 2.23. The lowest BCUT2D eigenvalue weighted by molar-refractivity contribution is -0.120. The molecule has 1 aliphatic heterocycles. The van der Waals surface area contributed by atoms with Crippen molar-refractivity contribution in [3.63, 3.8) is 0 Å². The third-order valence-corrected chi connectivity index (χ3v) is 4.33. The van der Waals surface area contributed by atoms with Crippen LogP contribution in [0.25, 0.3) is 0 Å². The Morgan fingerprint density at radius 2 is 1.86 bits per heavy atom. The first-order valence-electron chi connectivity index (χ1n) is 6.27. The molecule has 2 heterocycles. The number of amides is 1. The van der Waals surface area contributed by atoms with E-state index in [2.05, 4.69) is 20.5 Å². The van der Waals surface area contributed by atoms with Crippen LogP contribution in [0.5, 0.6) is 0 Å². The molecule has 2 N–H and O–H groups in total. The summed E-state index contributed by atoms with van der Waals surface area (Å²) in [5.74, 6) is 0.0330. The molecule has 0 saturated carbocycles. The van der Waals surface area contributed by atoms with Crippen LogP contribution in [0.15, 0.2) is 0 Å². The Kier molecular flexibility index (Phi) is 11.7. The Morgan fingerprint density at radius 1 is 1.29 bits per heavy atom. The van der Waals surface area contributed by atoms with Gasteiger partial charge in [-0.3, -0.25) is 9.69 Å². The van der Waals surface area contributed by atoms with Gasteiger partial charge < -0.3 is 10.6 Å². The SMILES string of the molecule is Cc1nc(NC(=O)C(C)N2CCNCC2)sc1C.Cl.Cl.Cl. The van der Waals surface area contributed by atoms with E-state index in [1.54, 1.807) is 0 Å². The maximum absolute atomic E-state index is 12.1. The number of rotatable bonds is 3. The quantitative estimate of drug-likeness (QED) is 0.848. The standard InChI is InChI=1S/C12H20N4OS.3ClH/c1-8-10(3)18-12(14-8)15-11(17)9(2)16-6-4-13-5-7-16;;;/h9,13H,4-7H2,1-3H3,(H,14,15,17);3*1H. The van der Waals surface area contributed by atoms with Gasteiger partial charge in [0.15, 0.2) is 5.13 Å². The van der Waals surface area contributed by atoms with Crippen molar-refractivity contribution in [1.29, 1.82) is 0 Å². The van der Waals surface area contributed by atoms with Crippen molar-refractivity contribution < 1.29 is 4.79 Å². The normalized spacial score (nSPS) is 16.0. The van der Waals surface area contributed by atoms with Crippen LogP contribution >= 0.6 is 48.6 Å². The number of nitrogens with one attached hydrogen (secondary N) is 2. The topological polar surface area (TPSA) is 57.3 Å². The van der Waals surface area contributed by atoms with Gasteiger partial charge in [-0.15, -0.1) is 48.6 Å². The van der Waals surface area contributed by atoms with E-state index in [0.29, 0.717) is 5.13 Å². The van der Waals surface area contributed by atoms with Crippen molar-refractivity contribution in [2.45, 2.75) is 26.8 Å². The van der Waals surface area contributed by atoms with Crippen LogP contribution in [0, 0.1) is 13.8 Å². The smallest absolute Gasteiger partial charge is 0.243 e. The number of aromatic nitrogens is 1. The van der Waals surface area contributed by atoms with E-state index in [-0.39, 0.29) is 49.2 Å². The fourth-order valence-corrected chi connectivity index (χ4v) is 2.79. The number of piperazine rings is 1. The molecule has 0 bridgehead atoms. The fraction of sp³-hybridized carbons (Fsp3) is 0.667. The first kappa shape index (κ1) is 23.2. The van der Waals surface area contributed by atoms with Crippen molar-refractivity contribution in [2.24, 2.45) is 0 Å². The summed E-state index contributed by atoms with van der Waals surface area (Å²) in [7, 11) is 0. The molecule has 1 fully saturated rings. The van der Waals surface area contributed by atoms with Crippen molar-refractivity contribution in [2.75, 3.05) is 31.5 Å². The zero-order chi connectivity index (χ0) is 13.1. The highest BCUT2D eigenvalue weighted by Crippen LogP contribution is 2.21. The number of hydrogen-bond acceptors (Lipinski definition) is 5. The molecule has 1 saturated heterocycles. The summed E-state index contributed by atoms with van der Waals surface area (Å²) in [6.45, 7) is 9.67. The lowest BCUT2D eigenvalue weighted by Crippen LogP contribution is -2.51. The third kappa shape index (κ3) is 6.26. The molecule has 1 amide bonds. The predicted octanol–water partition coefficient (Wildman–Crippen LogP) is 2.26. The maximum Gasteiger partial charge on any atom is 0.243 e. The molecule has 124 valence electrons. The van der Waals surface area contributed by atoms with Gasteiger partial charge in [-0.2, -0.15) is 0 Å². The van der Waals surface area contributed by atoms with Crippen LogP contribution in [0.3, 0.4) is 0 Å². The van der Waals surface area contributed by atoms with Gasteiger partial charge in [0, 0.05) is 31.1 Å². The summed E-state index contributed by atoms with van der Waals surface area (Å²) >= 11 is 1.53. The number of thiazole rings is 1. The molecular formula is C12H23Cl3N4OS. The number of carbonyl (C=O) groups excluding carboxylic acids is 1. The van der Waals surface area contributed by atoms with E-state index in [0.717, 1.165) is 36.8 Å². The molecule has 1 unspecified atom stereocenters. The summed E-state index contributed by atoms with van der Waals surface area (Å²) in [4.78, 5) is 19.8. The zero-order valence-electron chi connectivity index (χ0n) is 12.3. The second kappa shape index (κ2) is 10.6. The van der Waals surface area contributed by atoms with Crippen LogP contribution in [0.1, 0.15) is 17.5 Å². The van der Waals surface area contributed by atoms with Crippen LogP contribution in [-0.4, -0.2) is 48.0 Å². The van der Waals surface area contributed by atoms with Crippen LogP contribution < -0.4 is 10.6 Å². The van der Waals surface area contributed by atoms with Crippen LogP contribution in [0.4, 0.5) is 5.13 Å². The maximum atomic E-state index is 12.1. The highest BCUT2D eigenvalue weighted by atomic mass is 35.5. The van der Waals surface area contributed by atoms with Gasteiger partial charge in [0.2, 0.25) is 5.91 Å². The number of aryl methyl sites for hydroxylation is 2. The summed E-state index contributed by atoms with van der Waals surface area (Å²) in [5.41, 5.74) is 0.991. The van der Waals surface area contributed by atoms with Gasteiger partial charge in [0.05, 0.1) is 11.7 Å². The third-order valence-electron chi connectivity index (χ3n) is 3.34. The van der Waals surface area contributed by atoms with Crippen molar-refractivity contribution in [3.05, 3.63) is 10.6 Å². The number of carbonyl (C=O) groups is 1. The molecule has 2 rings (SSSR count). The minimum Gasteiger partial charge on any atom is -0.314 e. The molecule has 5 nitrogen and oxygen atoms in total. The molecular weight excluding hydrogens is 355 g/mol. The van der Waals surface area contributed by atoms with Gasteiger partial charge in [0.25, 0.3) is 0 Å². The largest absolute Gasteiger partial charge is 0.314 e. The lowest BCUT2D eigenvalue weighted by Gasteiger charge is -2.31. The molecule has 21 heavy (non-hydrogen) atoms. The molecule has 1 aromatic rings. The van der Waals surface area contributed by atoms with E-state index < -0.39 is 0 Å². The Morgan fingerprint density at radius 3 is 2.33 bits per heavy atom. The molecule has 0 radical (unpaired) electrons. The number of anilines is 1. The molecule has 1 atom stereocenters. The van der Waals surface area contributed by atoms with E-state index in [4.69, 9.17) is 0 Å². The molecule has 0 spiro atoms. The van der Waals surface area contributed by atoms with E-state index >= 15 is 0 Å². The van der Waals surface area contributed by atoms with Gasteiger partial charge in [-0.05, 0) is 20.8 Å². The molecule has 1 aromatic heterocycles. The van der Waals surface area contributed by atoms with E-state index in [9.17, 15) is 4.79 Å². The first-order valence-corrected chi connectivity index (χ1v) is 7.09. The average molecular weight is 378 g/mol. The van der Waals surface area contributed by atoms with Gasteiger partial charge in [-0.25, -0.2) is 4.98 Å². The van der Waals surface area contributed by atoms with Crippen molar-refractivity contribution in [1.82, 2.24) is 15.2 Å². The summed E-state index contributed by atoms with van der Waals surface area (Å²) in [6, 6.07) is -0.100. The van der Waals surface area contributed by atoms with Crippen LogP contribution in [-0.2, 0) is 4.79 Å². The Balaban J connectivity index is 0. The summed E-state index contributed by atoms with van der Waals surface area (Å²) < 4.78 is 0. The summed E-state index contributed by atoms with van der Waals surface area (Å²) in [6.07, 6.45) is 0. The number of halogens is 3. The number of nitrogens with zero attached hydrogens (tertiary/aromatic N) is 2. The Bertz CT molecular complexity index is 419. The van der Waals surface area contributed by atoms with E-state index in [1.807, 2.05) is 20.8 Å². The molecule has 0 aromatic carbocycles. The Labute approximate surface area is 148 Å². The van der Waals surface area contributed by atoms with Gasteiger partial charge >= 0.3 is 0 Å². The predicted molar refractivity (Wildman–Crippen MR) is 95.9 cm³/mol. The minimum atomic E-state index is -0.100. The van der Waals surface area contributed by atoms with Gasteiger partial charge in [-0.1, -0.05) is 0 Å². The first-order chi connectivity index (χ1) is 8.58. The lowest BCUT2D eigenvalue weighted by atomic mass is 10.2. The average Bonchev–Trinajstić information content (AvgIpc) is 2.68. The molecule has 9 heteroatoms. The number of hydrogen-bond donors (Lipinski definition) is 2. The van der Waals surface area contributed by atoms with Crippen molar-refractivity contribution in [3.8, 4) is 0 Å². The second-order valence-electron chi connectivity index (χ2n) is 4.61. The minimum absolute atomic E-state index is 0. The van der Waals surface area contributed by atoms with Crippen molar-refractivity contribution >= 4 is 59.6 Å². The second-order valence-corrected chi connectivity index (χ2v) is 5.82. The molecule has 0 aliphatic carbocycles. The zero-order valence-corrected chi connectivity index (χ0v) is 15.6.